The zero-order valence-corrected chi connectivity index (χ0v) is 24.9. The topological polar surface area (TPSA) is 105 Å². The molecule has 0 aliphatic carbocycles. The second-order valence-corrected chi connectivity index (χ2v) is 10.3. The first-order valence-electron chi connectivity index (χ1n) is 13.1. The fourth-order valence-electron chi connectivity index (χ4n) is 4.18. The van der Waals surface area contributed by atoms with Crippen molar-refractivity contribution in [2.75, 3.05) is 28.4 Å². The van der Waals surface area contributed by atoms with Crippen molar-refractivity contribution >= 4 is 17.7 Å². The van der Waals surface area contributed by atoms with Crippen LogP contribution in [0.15, 0.2) is 65.8 Å². The molecule has 1 amide bonds. The predicted molar refractivity (Wildman–Crippen MR) is 160 cm³/mol. The number of carbonyl (C=O) groups excluding carboxylic acids is 1. The average molecular weight is 575 g/mol. The number of thioether (sulfide) groups is 1. The minimum absolute atomic E-state index is 0.0849. The van der Waals surface area contributed by atoms with Crippen molar-refractivity contribution in [1.82, 2.24) is 20.5 Å². The number of rotatable bonds is 12. The van der Waals surface area contributed by atoms with Gasteiger partial charge in [-0.1, -0.05) is 48.5 Å². The van der Waals surface area contributed by atoms with Gasteiger partial charge in [0.1, 0.15) is 11.4 Å². The van der Waals surface area contributed by atoms with E-state index in [-0.39, 0.29) is 5.91 Å². The average Bonchev–Trinajstić information content (AvgIpc) is 3.02. The van der Waals surface area contributed by atoms with Crippen LogP contribution in [0.4, 0.5) is 0 Å². The van der Waals surface area contributed by atoms with Gasteiger partial charge in [0, 0.05) is 17.7 Å². The summed E-state index contributed by atoms with van der Waals surface area (Å²) < 4.78 is 21.9. The van der Waals surface area contributed by atoms with E-state index < -0.39 is 5.25 Å². The molecule has 1 N–H and O–H groups in total. The predicted octanol–water partition coefficient (Wildman–Crippen LogP) is 5.74. The minimum Gasteiger partial charge on any atom is -0.493 e. The van der Waals surface area contributed by atoms with E-state index in [1.807, 2.05) is 74.5 Å². The van der Waals surface area contributed by atoms with Gasteiger partial charge < -0.3 is 24.3 Å². The Bertz CT molecular complexity index is 1500. The Labute approximate surface area is 244 Å². The molecule has 1 aromatic heterocycles. The highest BCUT2D eigenvalue weighted by molar-refractivity contribution is 8.00. The molecule has 0 unspecified atom stereocenters. The maximum Gasteiger partial charge on any atom is 0.233 e. The molecule has 0 saturated carbocycles. The van der Waals surface area contributed by atoms with Crippen LogP contribution >= 0.6 is 11.8 Å². The monoisotopic (exact) mass is 574 g/mol. The lowest BCUT2D eigenvalue weighted by Crippen LogP contribution is -2.32. The molecular formula is C31H34N4O5S. The molecule has 0 radical (unpaired) electrons. The van der Waals surface area contributed by atoms with Gasteiger partial charge in [-0.15, -0.1) is 10.2 Å². The van der Waals surface area contributed by atoms with E-state index >= 15 is 0 Å². The normalized spacial score (nSPS) is 11.5. The third-order valence-corrected chi connectivity index (χ3v) is 7.70. The Kier molecular flexibility index (Phi) is 10.0. The van der Waals surface area contributed by atoms with Gasteiger partial charge in [-0.05, 0) is 55.3 Å². The molecule has 0 aliphatic heterocycles. The maximum absolute atomic E-state index is 13.1. The van der Waals surface area contributed by atoms with E-state index in [0.717, 1.165) is 16.7 Å². The first kappa shape index (κ1) is 29.7. The quantitative estimate of drug-likeness (QED) is 0.212. The van der Waals surface area contributed by atoms with Crippen LogP contribution in [0, 0.1) is 6.92 Å². The summed E-state index contributed by atoms with van der Waals surface area (Å²) >= 11 is 1.28. The second-order valence-electron chi connectivity index (χ2n) is 9.15. The van der Waals surface area contributed by atoms with Gasteiger partial charge in [0.05, 0.1) is 33.7 Å². The molecule has 214 valence electrons. The third-order valence-electron chi connectivity index (χ3n) is 6.48. The lowest BCUT2D eigenvalue weighted by molar-refractivity contribution is -0.120. The zero-order valence-electron chi connectivity index (χ0n) is 24.1. The van der Waals surface area contributed by atoms with Crippen LogP contribution in [0.25, 0.3) is 22.5 Å². The lowest BCUT2D eigenvalue weighted by atomic mass is 10.0. The number of aromatic nitrogens is 3. The van der Waals surface area contributed by atoms with Crippen molar-refractivity contribution < 1.29 is 23.7 Å². The van der Waals surface area contributed by atoms with Gasteiger partial charge in [-0.2, -0.15) is 0 Å². The number of hydrogen-bond acceptors (Lipinski definition) is 9. The second kappa shape index (κ2) is 13.8. The fourth-order valence-corrected chi connectivity index (χ4v) is 5.03. The highest BCUT2D eigenvalue weighted by Gasteiger charge is 2.22. The molecule has 4 rings (SSSR count). The maximum atomic E-state index is 13.1. The summed E-state index contributed by atoms with van der Waals surface area (Å²) in [5.41, 5.74) is 4.82. The van der Waals surface area contributed by atoms with Crippen molar-refractivity contribution in [1.29, 1.82) is 0 Å². The van der Waals surface area contributed by atoms with E-state index in [0.29, 0.717) is 52.5 Å². The van der Waals surface area contributed by atoms with Gasteiger partial charge in [0.2, 0.25) is 11.1 Å². The molecule has 41 heavy (non-hydrogen) atoms. The number of amides is 1. The zero-order chi connectivity index (χ0) is 29.4. The van der Waals surface area contributed by atoms with Crippen molar-refractivity contribution in [3.05, 3.63) is 71.8 Å². The van der Waals surface area contributed by atoms with Crippen molar-refractivity contribution in [3.63, 3.8) is 0 Å². The Balaban J connectivity index is 1.68. The van der Waals surface area contributed by atoms with Crippen LogP contribution in [0.1, 0.15) is 24.5 Å². The van der Waals surface area contributed by atoms with Gasteiger partial charge in [0.25, 0.3) is 0 Å². The molecule has 3 aromatic carbocycles. The van der Waals surface area contributed by atoms with E-state index in [1.165, 1.54) is 17.3 Å². The summed E-state index contributed by atoms with van der Waals surface area (Å²) in [6.45, 7) is 4.45. The molecule has 0 fully saturated rings. The minimum atomic E-state index is -0.396. The summed E-state index contributed by atoms with van der Waals surface area (Å²) in [5, 5.41) is 12.0. The Morgan fingerprint density at radius 2 is 1.34 bits per heavy atom. The van der Waals surface area contributed by atoms with Crippen LogP contribution in [0.5, 0.6) is 23.0 Å². The molecule has 1 heterocycles. The van der Waals surface area contributed by atoms with Crippen molar-refractivity contribution in [3.8, 4) is 45.5 Å². The lowest BCUT2D eigenvalue weighted by Gasteiger charge is -2.16. The summed E-state index contributed by atoms with van der Waals surface area (Å²) in [6, 6.07) is 19.1. The number of hydrogen-bond donors (Lipinski definition) is 1. The molecule has 0 aliphatic rings. The van der Waals surface area contributed by atoms with Crippen LogP contribution in [-0.2, 0) is 11.3 Å². The van der Waals surface area contributed by atoms with E-state index in [9.17, 15) is 4.79 Å². The van der Waals surface area contributed by atoms with Crippen molar-refractivity contribution in [2.45, 2.75) is 37.2 Å². The molecule has 1 atom stereocenters. The summed E-state index contributed by atoms with van der Waals surface area (Å²) in [7, 11) is 6.33. The number of nitrogens with one attached hydrogen (secondary N) is 1. The number of methoxy groups -OCH3 is 4. The summed E-state index contributed by atoms with van der Waals surface area (Å²) in [5.74, 6) is 2.22. The smallest absolute Gasteiger partial charge is 0.233 e. The largest absolute Gasteiger partial charge is 0.493 e. The third kappa shape index (κ3) is 7.07. The van der Waals surface area contributed by atoms with Gasteiger partial charge >= 0.3 is 0 Å². The number of nitrogens with zero attached hydrogens (tertiary/aromatic N) is 3. The van der Waals surface area contributed by atoms with E-state index in [1.54, 1.807) is 28.4 Å². The Hall–Kier alpha value is -4.31. The van der Waals surface area contributed by atoms with Crippen LogP contribution < -0.4 is 24.3 Å². The summed E-state index contributed by atoms with van der Waals surface area (Å²) in [6.07, 6.45) is 0.594. The molecule has 0 spiro atoms. The molecule has 9 nitrogen and oxygen atoms in total. The van der Waals surface area contributed by atoms with Crippen LogP contribution in [0.2, 0.25) is 0 Å². The van der Waals surface area contributed by atoms with Crippen LogP contribution in [-0.4, -0.2) is 54.8 Å². The van der Waals surface area contributed by atoms with Crippen LogP contribution in [0.3, 0.4) is 0 Å². The molecule has 10 heteroatoms. The molecule has 0 saturated heterocycles. The van der Waals surface area contributed by atoms with E-state index in [2.05, 4.69) is 15.5 Å². The standard InChI is InChI=1S/C31H34N4O5S/c1-7-27(30(36)32-18-20-10-8-19(2)9-11-20)41-31-33-28(21-12-14-23(37-3)25(16-21)39-5)29(34-35-31)22-13-15-24(38-4)26(17-22)40-6/h8-17,27H,7,18H2,1-6H3,(H,32,36)/t27-/m1/s1. The molecular weight excluding hydrogens is 540 g/mol. The van der Waals surface area contributed by atoms with Gasteiger partial charge in [-0.3, -0.25) is 4.79 Å². The molecule has 0 bridgehead atoms. The van der Waals surface area contributed by atoms with Gasteiger partial charge in [0.15, 0.2) is 23.0 Å². The SMILES string of the molecule is CC[C@@H](Sc1nnc(-c2ccc(OC)c(OC)c2)c(-c2ccc(OC)c(OC)c2)n1)C(=O)NCc1ccc(C)cc1. The highest BCUT2D eigenvalue weighted by atomic mass is 32.2. The van der Waals surface area contributed by atoms with Crippen molar-refractivity contribution in [2.24, 2.45) is 0 Å². The van der Waals surface area contributed by atoms with Gasteiger partial charge in [-0.25, -0.2) is 4.98 Å². The first-order chi connectivity index (χ1) is 19.9. The number of aryl methyl sites for hydroxylation is 1. The number of ether oxygens (including phenoxy) is 4. The highest BCUT2D eigenvalue weighted by Crippen LogP contribution is 2.38. The summed E-state index contributed by atoms with van der Waals surface area (Å²) in [4.78, 5) is 18.0. The van der Waals surface area contributed by atoms with E-state index in [4.69, 9.17) is 23.9 Å². The number of benzene rings is 3. The Morgan fingerprint density at radius 1 is 0.780 bits per heavy atom. The fraction of sp³-hybridized carbons (Fsp3) is 0.290. The number of carbonyl (C=O) groups is 1. The Morgan fingerprint density at radius 3 is 1.88 bits per heavy atom. The first-order valence-corrected chi connectivity index (χ1v) is 14.0. The molecule has 4 aromatic rings.